The lowest BCUT2D eigenvalue weighted by atomic mass is 10.1. The smallest absolute Gasteiger partial charge is 0.339 e. The molecule has 0 aliphatic heterocycles. The van der Waals surface area contributed by atoms with Crippen molar-refractivity contribution >= 4 is 13.6 Å². The summed E-state index contributed by atoms with van der Waals surface area (Å²) in [6, 6.07) is 0. The van der Waals surface area contributed by atoms with Crippen molar-refractivity contribution in [1.29, 1.82) is 0 Å². The molecule has 0 aromatic heterocycles. The molecule has 0 fully saturated rings. The lowest BCUT2D eigenvalue weighted by Gasteiger charge is -2.13. The van der Waals surface area contributed by atoms with Gasteiger partial charge < -0.3 is 14.5 Å². The molecule has 0 saturated heterocycles. The van der Waals surface area contributed by atoms with Crippen LogP contribution in [0, 0.1) is 0 Å². The average molecular weight is 337 g/mol. The van der Waals surface area contributed by atoms with E-state index in [0.717, 1.165) is 19.3 Å². The molecule has 0 aliphatic rings. The fraction of sp³-hybridized carbons (Fsp3) is 0.933. The fourth-order valence-electron chi connectivity index (χ4n) is 2.19. The minimum absolute atomic E-state index is 0.149. The van der Waals surface area contributed by atoms with E-state index in [2.05, 4.69) is 12.2 Å². The van der Waals surface area contributed by atoms with E-state index in [-0.39, 0.29) is 12.6 Å². The number of hydrogen-bond acceptors (Lipinski definition) is 4. The molecular weight excluding hydrogens is 305 g/mol. The number of rotatable bonds is 14. The summed E-state index contributed by atoms with van der Waals surface area (Å²) in [4.78, 5) is 28.7. The van der Waals surface area contributed by atoms with Crippen LogP contribution in [0.4, 0.5) is 0 Å². The van der Waals surface area contributed by atoms with Crippen molar-refractivity contribution in [2.24, 2.45) is 0 Å². The van der Waals surface area contributed by atoms with Crippen LogP contribution in [0.1, 0.15) is 71.6 Å². The van der Waals surface area contributed by atoms with Crippen LogP contribution in [-0.2, 0) is 14.1 Å². The molecule has 1 unspecified atom stereocenters. The molecule has 0 rings (SSSR count). The monoisotopic (exact) mass is 337 g/mol. The number of nitrogens with one attached hydrogen (secondary N) is 1. The Hall–Kier alpha value is -0.420. The van der Waals surface area contributed by atoms with Crippen LogP contribution in [0.25, 0.3) is 0 Å². The Bertz CT molecular complexity index is 332. The Balaban J connectivity index is 3.46. The minimum Gasteiger partial charge on any atom is -0.462 e. The minimum atomic E-state index is -4.11. The maximum Gasteiger partial charge on any atom is 0.339 e. The summed E-state index contributed by atoms with van der Waals surface area (Å²) in [7, 11) is -4.11. The van der Waals surface area contributed by atoms with Crippen LogP contribution in [0.2, 0.25) is 0 Å². The summed E-state index contributed by atoms with van der Waals surface area (Å²) in [5.74, 6) is -0.472. The highest BCUT2D eigenvalue weighted by Gasteiger charge is 2.14. The maximum absolute atomic E-state index is 11.4. The molecule has 0 aliphatic carbocycles. The second-order valence-electron chi connectivity index (χ2n) is 5.81. The van der Waals surface area contributed by atoms with Crippen molar-refractivity contribution in [2.75, 3.05) is 12.8 Å². The van der Waals surface area contributed by atoms with Crippen LogP contribution >= 0.6 is 7.60 Å². The van der Waals surface area contributed by atoms with Gasteiger partial charge in [-0.05, 0) is 19.8 Å². The van der Waals surface area contributed by atoms with Crippen LogP contribution in [0.15, 0.2) is 0 Å². The van der Waals surface area contributed by atoms with Crippen molar-refractivity contribution in [3.63, 3.8) is 0 Å². The van der Waals surface area contributed by atoms with E-state index in [9.17, 15) is 9.36 Å². The molecule has 3 N–H and O–H groups in total. The first-order chi connectivity index (χ1) is 10.3. The molecule has 0 saturated carbocycles. The maximum atomic E-state index is 11.4. The van der Waals surface area contributed by atoms with E-state index in [1.807, 2.05) is 6.92 Å². The number of carbonyl (C=O) groups is 1. The standard InChI is InChI=1S/C15H32NO5P/c1-3-4-5-6-7-8-9-10-11-14(2)21-15(17)12-16-13-22(18,19)20/h14,16H,3-13H2,1-2H3,(H2,18,19,20). The van der Waals surface area contributed by atoms with E-state index >= 15 is 0 Å². The summed E-state index contributed by atoms with van der Waals surface area (Å²) < 4.78 is 15.8. The predicted octanol–water partition coefficient (Wildman–Crippen LogP) is 3.17. The molecular formula is C15H32NO5P. The molecule has 7 heteroatoms. The van der Waals surface area contributed by atoms with E-state index < -0.39 is 19.9 Å². The van der Waals surface area contributed by atoms with Crippen molar-refractivity contribution in [1.82, 2.24) is 5.32 Å². The van der Waals surface area contributed by atoms with Crippen molar-refractivity contribution < 1.29 is 23.9 Å². The first-order valence-electron chi connectivity index (χ1n) is 8.30. The second kappa shape index (κ2) is 13.1. The van der Waals surface area contributed by atoms with Crippen LogP contribution in [0.5, 0.6) is 0 Å². The Morgan fingerprint density at radius 1 is 1.09 bits per heavy atom. The zero-order chi connectivity index (χ0) is 16.8. The highest BCUT2D eigenvalue weighted by atomic mass is 31.2. The van der Waals surface area contributed by atoms with Crippen LogP contribution in [0.3, 0.4) is 0 Å². The van der Waals surface area contributed by atoms with Gasteiger partial charge in [-0.1, -0.05) is 51.9 Å². The van der Waals surface area contributed by atoms with Crippen molar-refractivity contribution in [3.8, 4) is 0 Å². The fourth-order valence-corrected chi connectivity index (χ4v) is 2.60. The largest absolute Gasteiger partial charge is 0.462 e. The Kier molecular flexibility index (Phi) is 12.8. The molecule has 6 nitrogen and oxygen atoms in total. The SMILES string of the molecule is CCCCCCCCCCC(C)OC(=O)CNCP(=O)(O)O. The van der Waals surface area contributed by atoms with Gasteiger partial charge in [0, 0.05) is 0 Å². The molecule has 0 heterocycles. The van der Waals surface area contributed by atoms with E-state index in [1.165, 1.54) is 38.5 Å². The van der Waals surface area contributed by atoms with Gasteiger partial charge in [0.25, 0.3) is 0 Å². The summed E-state index contributed by atoms with van der Waals surface area (Å²) >= 11 is 0. The van der Waals surface area contributed by atoms with Gasteiger partial charge in [0.1, 0.15) is 0 Å². The summed E-state index contributed by atoms with van der Waals surface area (Å²) in [6.07, 6.45) is 10.1. The van der Waals surface area contributed by atoms with Crippen LogP contribution in [-0.4, -0.2) is 34.7 Å². The Labute approximate surface area is 134 Å². The van der Waals surface area contributed by atoms with Crippen molar-refractivity contribution in [3.05, 3.63) is 0 Å². The highest BCUT2D eigenvalue weighted by Crippen LogP contribution is 2.31. The number of esters is 1. The third-order valence-corrected chi connectivity index (χ3v) is 4.02. The topological polar surface area (TPSA) is 95.9 Å². The lowest BCUT2D eigenvalue weighted by Crippen LogP contribution is -2.28. The van der Waals surface area contributed by atoms with Gasteiger partial charge in [0.05, 0.1) is 18.9 Å². The highest BCUT2D eigenvalue weighted by molar-refractivity contribution is 7.51. The first kappa shape index (κ1) is 21.6. The quantitative estimate of drug-likeness (QED) is 0.256. The number of ether oxygens (including phenoxy) is 1. The van der Waals surface area contributed by atoms with Gasteiger partial charge >= 0.3 is 13.6 Å². The van der Waals surface area contributed by atoms with Gasteiger partial charge in [-0.3, -0.25) is 14.7 Å². The van der Waals surface area contributed by atoms with Crippen molar-refractivity contribution in [2.45, 2.75) is 77.7 Å². The predicted molar refractivity (Wildman–Crippen MR) is 87.7 cm³/mol. The summed E-state index contributed by atoms with van der Waals surface area (Å²) in [6.45, 7) is 3.89. The number of carbonyl (C=O) groups excluding carboxylic acids is 1. The number of hydrogen-bond donors (Lipinski definition) is 3. The van der Waals surface area contributed by atoms with Gasteiger partial charge in [0.15, 0.2) is 0 Å². The molecule has 22 heavy (non-hydrogen) atoms. The third-order valence-electron chi connectivity index (χ3n) is 3.38. The molecule has 0 spiro atoms. The average Bonchev–Trinajstić information content (AvgIpc) is 2.40. The normalized spacial score (nSPS) is 13.1. The third kappa shape index (κ3) is 16.0. The molecule has 0 bridgehead atoms. The van der Waals surface area contributed by atoms with E-state index in [0.29, 0.717) is 0 Å². The van der Waals surface area contributed by atoms with Crippen LogP contribution < -0.4 is 5.32 Å². The van der Waals surface area contributed by atoms with Gasteiger partial charge in [-0.15, -0.1) is 0 Å². The zero-order valence-corrected chi connectivity index (χ0v) is 14.8. The Morgan fingerprint density at radius 2 is 1.64 bits per heavy atom. The molecule has 0 aromatic carbocycles. The Morgan fingerprint density at radius 3 is 2.18 bits per heavy atom. The van der Waals surface area contributed by atoms with Gasteiger partial charge in [0.2, 0.25) is 0 Å². The number of unbranched alkanes of at least 4 members (excludes halogenated alkanes) is 7. The zero-order valence-electron chi connectivity index (χ0n) is 13.9. The van der Waals surface area contributed by atoms with E-state index in [1.54, 1.807) is 0 Å². The summed E-state index contributed by atoms with van der Waals surface area (Å²) in [5, 5.41) is 2.39. The van der Waals surface area contributed by atoms with Gasteiger partial charge in [-0.25, -0.2) is 0 Å². The second-order valence-corrected chi connectivity index (χ2v) is 7.46. The lowest BCUT2D eigenvalue weighted by molar-refractivity contribution is -0.147. The molecule has 132 valence electrons. The van der Waals surface area contributed by atoms with Gasteiger partial charge in [-0.2, -0.15) is 0 Å². The molecule has 0 aromatic rings. The molecule has 1 atom stereocenters. The van der Waals surface area contributed by atoms with E-state index in [4.69, 9.17) is 14.5 Å². The molecule has 0 amide bonds. The first-order valence-corrected chi connectivity index (χ1v) is 10.1. The molecule has 0 radical (unpaired) electrons. The summed E-state index contributed by atoms with van der Waals surface area (Å²) in [5.41, 5.74) is 0.